The number of halogens is 1. The number of rotatable bonds is 5. The van der Waals surface area contributed by atoms with Gasteiger partial charge in [-0.05, 0) is 12.8 Å². The molecule has 0 heterocycles. The van der Waals surface area contributed by atoms with Gasteiger partial charge in [-0.15, -0.1) is 11.6 Å². The van der Waals surface area contributed by atoms with Crippen molar-refractivity contribution in [3.63, 3.8) is 0 Å². The van der Waals surface area contributed by atoms with E-state index in [1.807, 2.05) is 0 Å². The molecule has 0 spiro atoms. The number of imide groups is 1. The van der Waals surface area contributed by atoms with E-state index in [2.05, 4.69) is 0 Å². The monoisotopic (exact) mass is 208 g/mol. The third kappa shape index (κ3) is 4.69. The van der Waals surface area contributed by atoms with Crippen molar-refractivity contribution in [1.82, 2.24) is 4.90 Å². The summed E-state index contributed by atoms with van der Waals surface area (Å²) >= 11 is 5.41. The van der Waals surface area contributed by atoms with Crippen LogP contribution in [0.1, 0.15) is 12.8 Å². The van der Waals surface area contributed by atoms with Crippen LogP contribution in [0.4, 0.5) is 4.79 Å². The molecule has 0 fully saturated rings. The van der Waals surface area contributed by atoms with Crippen LogP contribution in [0, 0.1) is 0 Å². The summed E-state index contributed by atoms with van der Waals surface area (Å²) in [5, 5.41) is 8.49. The van der Waals surface area contributed by atoms with Crippen LogP contribution >= 0.6 is 11.6 Å². The molecule has 3 amide bonds. The van der Waals surface area contributed by atoms with Crippen LogP contribution in [0.25, 0.3) is 0 Å². The smallest absolute Gasteiger partial charge is 0.321 e. The van der Waals surface area contributed by atoms with Crippen LogP contribution in [0.2, 0.25) is 0 Å². The number of aliphatic hydroxyl groups is 1. The Hall–Kier alpha value is -0.810. The molecule has 0 unspecified atom stereocenters. The average Bonchev–Trinajstić information content (AvgIpc) is 2.11. The molecule has 0 aliphatic heterocycles. The summed E-state index contributed by atoms with van der Waals surface area (Å²) in [6.07, 6.45) is 1.29. The molecule has 0 saturated carbocycles. The second-order valence-electron chi connectivity index (χ2n) is 2.44. The molecule has 0 radical (unpaired) electrons. The van der Waals surface area contributed by atoms with E-state index in [1.54, 1.807) is 0 Å². The fourth-order valence-corrected chi connectivity index (χ4v) is 0.997. The first-order valence-electron chi connectivity index (χ1n) is 3.90. The van der Waals surface area contributed by atoms with Gasteiger partial charge in [-0.3, -0.25) is 9.69 Å². The third-order valence-electron chi connectivity index (χ3n) is 1.47. The molecule has 13 heavy (non-hydrogen) atoms. The summed E-state index contributed by atoms with van der Waals surface area (Å²) in [5.41, 5.74) is 4.92. The Bertz CT molecular complexity index is 187. The lowest BCUT2D eigenvalue weighted by molar-refractivity contribution is -0.131. The van der Waals surface area contributed by atoms with Crippen molar-refractivity contribution in [2.45, 2.75) is 12.8 Å². The Morgan fingerprint density at radius 3 is 2.38 bits per heavy atom. The van der Waals surface area contributed by atoms with Gasteiger partial charge in [-0.2, -0.15) is 0 Å². The molecule has 0 saturated heterocycles. The van der Waals surface area contributed by atoms with Crippen molar-refractivity contribution in [2.75, 3.05) is 19.0 Å². The topological polar surface area (TPSA) is 83.6 Å². The SMILES string of the molecule is NC(=O)N(CCCCCl)C(=O)CO. The summed E-state index contributed by atoms with van der Waals surface area (Å²) < 4.78 is 0. The largest absolute Gasteiger partial charge is 0.387 e. The molecule has 0 rings (SSSR count). The van der Waals surface area contributed by atoms with Gasteiger partial charge in [0.2, 0.25) is 0 Å². The van der Waals surface area contributed by atoms with Crippen molar-refractivity contribution >= 4 is 23.5 Å². The van der Waals surface area contributed by atoms with Crippen LogP contribution in [-0.2, 0) is 4.79 Å². The normalized spacial score (nSPS) is 9.69. The highest BCUT2D eigenvalue weighted by Gasteiger charge is 2.16. The first-order chi connectivity index (χ1) is 6.13. The molecule has 0 aliphatic rings. The maximum absolute atomic E-state index is 10.9. The van der Waals surface area contributed by atoms with Crippen molar-refractivity contribution < 1.29 is 14.7 Å². The summed E-state index contributed by atoms with van der Waals surface area (Å²) in [5.74, 6) is -0.206. The molecule has 3 N–H and O–H groups in total. The Balaban J connectivity index is 3.95. The van der Waals surface area contributed by atoms with Crippen LogP contribution < -0.4 is 5.73 Å². The number of hydrogen-bond acceptors (Lipinski definition) is 3. The maximum atomic E-state index is 10.9. The van der Waals surface area contributed by atoms with Crippen molar-refractivity contribution in [2.24, 2.45) is 5.73 Å². The number of alkyl halides is 1. The van der Waals surface area contributed by atoms with Crippen LogP contribution in [0.3, 0.4) is 0 Å². The maximum Gasteiger partial charge on any atom is 0.321 e. The van der Waals surface area contributed by atoms with Crippen molar-refractivity contribution in [3.05, 3.63) is 0 Å². The number of nitrogens with zero attached hydrogens (tertiary/aromatic N) is 1. The molecule has 0 atom stereocenters. The molecule has 6 heteroatoms. The van der Waals surface area contributed by atoms with Gasteiger partial charge >= 0.3 is 6.03 Å². The molecule has 5 nitrogen and oxygen atoms in total. The summed E-state index contributed by atoms with van der Waals surface area (Å²) in [4.78, 5) is 22.4. The van der Waals surface area contributed by atoms with Gasteiger partial charge in [0, 0.05) is 12.4 Å². The molecule has 0 aromatic heterocycles. The standard InChI is InChI=1S/C7H13ClN2O3/c8-3-1-2-4-10(7(9)13)6(12)5-11/h11H,1-5H2,(H2,9,13). The molecule has 0 bridgehead atoms. The number of carbonyl (C=O) groups is 2. The van der Waals surface area contributed by atoms with E-state index in [0.717, 1.165) is 4.90 Å². The Morgan fingerprint density at radius 2 is 2.00 bits per heavy atom. The minimum atomic E-state index is -0.839. The number of nitrogens with two attached hydrogens (primary N) is 1. The first-order valence-corrected chi connectivity index (χ1v) is 4.43. The van der Waals surface area contributed by atoms with E-state index < -0.39 is 18.5 Å². The van der Waals surface area contributed by atoms with Gasteiger partial charge < -0.3 is 10.8 Å². The highest BCUT2D eigenvalue weighted by atomic mass is 35.5. The number of urea groups is 1. The predicted molar refractivity (Wildman–Crippen MR) is 48.3 cm³/mol. The molecular formula is C7H13ClN2O3. The highest BCUT2D eigenvalue weighted by Crippen LogP contribution is 1.97. The van der Waals surface area contributed by atoms with Gasteiger partial charge in [0.05, 0.1) is 0 Å². The Labute approximate surface area is 81.4 Å². The van der Waals surface area contributed by atoms with Gasteiger partial charge in [0.25, 0.3) is 5.91 Å². The van der Waals surface area contributed by atoms with Crippen molar-refractivity contribution in [3.8, 4) is 0 Å². The second-order valence-corrected chi connectivity index (χ2v) is 2.82. The zero-order chi connectivity index (χ0) is 10.3. The summed E-state index contributed by atoms with van der Waals surface area (Å²) in [6.45, 7) is -0.495. The van der Waals surface area contributed by atoms with E-state index in [9.17, 15) is 9.59 Å². The Morgan fingerprint density at radius 1 is 1.38 bits per heavy atom. The van der Waals surface area contributed by atoms with E-state index >= 15 is 0 Å². The van der Waals surface area contributed by atoms with E-state index in [1.165, 1.54) is 0 Å². The minimum Gasteiger partial charge on any atom is -0.387 e. The van der Waals surface area contributed by atoms with E-state index in [4.69, 9.17) is 22.4 Å². The molecule has 76 valence electrons. The third-order valence-corrected chi connectivity index (χ3v) is 1.73. The second kappa shape index (κ2) is 6.68. The number of aliphatic hydroxyl groups excluding tert-OH is 1. The van der Waals surface area contributed by atoms with E-state index in [0.29, 0.717) is 18.7 Å². The van der Waals surface area contributed by atoms with Crippen LogP contribution in [0.5, 0.6) is 0 Å². The lowest BCUT2D eigenvalue weighted by Gasteiger charge is -2.16. The predicted octanol–water partition coefficient (Wildman–Crippen LogP) is -0.0950. The summed E-state index contributed by atoms with van der Waals surface area (Å²) in [6, 6.07) is -0.839. The fraction of sp³-hybridized carbons (Fsp3) is 0.714. The Kier molecular flexibility index (Phi) is 6.26. The number of amides is 3. The highest BCUT2D eigenvalue weighted by molar-refractivity contribution is 6.17. The van der Waals surface area contributed by atoms with Gasteiger partial charge in [-0.25, -0.2) is 4.79 Å². The number of hydrogen-bond donors (Lipinski definition) is 2. The molecular weight excluding hydrogens is 196 g/mol. The minimum absolute atomic E-state index is 0.210. The van der Waals surface area contributed by atoms with Crippen LogP contribution in [-0.4, -0.2) is 41.0 Å². The van der Waals surface area contributed by atoms with E-state index in [-0.39, 0.29) is 6.54 Å². The van der Waals surface area contributed by atoms with Gasteiger partial charge in [0.1, 0.15) is 6.61 Å². The number of primary amides is 1. The summed E-state index contributed by atoms with van der Waals surface area (Å²) in [7, 11) is 0. The first kappa shape index (κ1) is 12.2. The zero-order valence-electron chi connectivity index (χ0n) is 7.20. The molecule has 0 aliphatic carbocycles. The fourth-order valence-electron chi connectivity index (χ4n) is 0.808. The number of unbranched alkanes of at least 4 members (excludes halogenated alkanes) is 1. The van der Waals surface area contributed by atoms with Crippen molar-refractivity contribution in [1.29, 1.82) is 0 Å². The molecule has 0 aromatic carbocycles. The van der Waals surface area contributed by atoms with Gasteiger partial charge in [-0.1, -0.05) is 0 Å². The lowest BCUT2D eigenvalue weighted by atomic mass is 10.3. The zero-order valence-corrected chi connectivity index (χ0v) is 7.96. The lowest BCUT2D eigenvalue weighted by Crippen LogP contribution is -2.42. The van der Waals surface area contributed by atoms with Gasteiger partial charge in [0.15, 0.2) is 0 Å². The average molecular weight is 209 g/mol. The van der Waals surface area contributed by atoms with Crippen LogP contribution in [0.15, 0.2) is 0 Å². The number of carbonyl (C=O) groups excluding carboxylic acids is 2. The molecule has 0 aromatic rings. The quantitative estimate of drug-likeness (QED) is 0.489.